The first-order valence-electron chi connectivity index (χ1n) is 33.4. The van der Waals surface area contributed by atoms with E-state index < -0.39 is 26.5 Å². The Hall–Kier alpha value is -3.07. The maximum absolute atomic E-state index is 12.8. The Bertz CT molecular complexity index is 1690. The van der Waals surface area contributed by atoms with Gasteiger partial charge in [0.1, 0.15) is 19.8 Å². The van der Waals surface area contributed by atoms with Crippen LogP contribution >= 0.6 is 7.82 Å². The molecule has 2 atom stereocenters. The third kappa shape index (κ3) is 65.9. The van der Waals surface area contributed by atoms with Crippen LogP contribution in [0.3, 0.4) is 0 Å². The smallest absolute Gasteiger partial charge is 0.306 e. The Balaban J connectivity index is 4.15. The molecular weight excluding hydrogens is 1030 g/mol. The van der Waals surface area contributed by atoms with E-state index >= 15 is 0 Å². The summed E-state index contributed by atoms with van der Waals surface area (Å²) in [6.07, 6.45) is 84.8. The summed E-state index contributed by atoms with van der Waals surface area (Å²) in [4.78, 5) is 38.0. The van der Waals surface area contributed by atoms with Gasteiger partial charge in [0.2, 0.25) is 0 Å². The summed E-state index contributed by atoms with van der Waals surface area (Å²) in [7, 11) is 1.14. The molecule has 10 heteroatoms. The van der Waals surface area contributed by atoms with Crippen LogP contribution in [0.5, 0.6) is 0 Å². The van der Waals surface area contributed by atoms with Crippen LogP contribution in [-0.4, -0.2) is 70.0 Å². The fraction of sp³-hybridized carbons (Fsp3) is 0.746. The van der Waals surface area contributed by atoms with Crippen molar-refractivity contribution in [3.8, 4) is 0 Å². The van der Waals surface area contributed by atoms with Gasteiger partial charge >= 0.3 is 11.9 Å². The van der Waals surface area contributed by atoms with Crippen molar-refractivity contribution in [2.45, 2.75) is 296 Å². The highest BCUT2D eigenvalue weighted by Crippen LogP contribution is 2.38. The number of likely N-dealkylation sites (N-methyl/N-ethyl adjacent to an activating group) is 1. The van der Waals surface area contributed by atoms with E-state index in [9.17, 15) is 19.0 Å². The molecule has 0 aliphatic heterocycles. The molecule has 0 aromatic heterocycles. The van der Waals surface area contributed by atoms with E-state index in [0.29, 0.717) is 17.4 Å². The van der Waals surface area contributed by atoms with E-state index in [-0.39, 0.29) is 32.0 Å². The lowest BCUT2D eigenvalue weighted by atomic mass is 10.0. The number of nitrogens with zero attached hydrogens (tertiary/aromatic N) is 1. The summed E-state index contributed by atoms with van der Waals surface area (Å²) in [5.74, 6) is -0.857. The molecule has 2 unspecified atom stereocenters. The predicted molar refractivity (Wildman–Crippen MR) is 346 cm³/mol. The number of hydrogen-bond donors (Lipinski definition) is 0. The molecule has 0 aromatic rings. The number of phosphoric ester groups is 1. The zero-order chi connectivity index (χ0) is 59.1. The van der Waals surface area contributed by atoms with Crippen LogP contribution in [0, 0.1) is 0 Å². The van der Waals surface area contributed by atoms with Gasteiger partial charge in [-0.1, -0.05) is 297 Å². The van der Waals surface area contributed by atoms with Crippen molar-refractivity contribution in [1.82, 2.24) is 0 Å². The van der Waals surface area contributed by atoms with Crippen LogP contribution in [0.2, 0.25) is 0 Å². The Kier molecular flexibility index (Phi) is 59.2. The number of unbranched alkanes of at least 4 members (excludes halogenated alkanes) is 31. The third-order valence-electron chi connectivity index (χ3n) is 14.4. The van der Waals surface area contributed by atoms with Gasteiger partial charge in [-0.15, -0.1) is 0 Å². The Morgan fingerprint density at radius 2 is 0.704 bits per heavy atom. The average molecular weight is 1150 g/mol. The number of quaternary nitrogens is 1. The molecule has 0 amide bonds. The molecule has 0 spiro atoms. The molecule has 0 fully saturated rings. The first-order chi connectivity index (χ1) is 39.5. The van der Waals surface area contributed by atoms with Crippen LogP contribution in [-0.2, 0) is 32.7 Å². The second kappa shape index (κ2) is 61.5. The maximum Gasteiger partial charge on any atom is 0.306 e. The van der Waals surface area contributed by atoms with Gasteiger partial charge in [-0.25, -0.2) is 0 Å². The van der Waals surface area contributed by atoms with E-state index in [0.717, 1.165) is 96.3 Å². The number of carbonyl (C=O) groups excluding carboxylic acids is 2. The Labute approximate surface area is 500 Å². The number of phosphoric acid groups is 1. The molecule has 0 saturated heterocycles. The topological polar surface area (TPSA) is 111 Å². The van der Waals surface area contributed by atoms with Gasteiger partial charge in [-0.05, 0) is 77.0 Å². The largest absolute Gasteiger partial charge is 0.756 e. The molecule has 0 bridgehead atoms. The van der Waals surface area contributed by atoms with Crippen LogP contribution in [0.25, 0.3) is 0 Å². The Morgan fingerprint density at radius 1 is 0.395 bits per heavy atom. The lowest BCUT2D eigenvalue weighted by molar-refractivity contribution is -0.870. The molecule has 81 heavy (non-hydrogen) atoms. The van der Waals surface area contributed by atoms with Gasteiger partial charge < -0.3 is 27.9 Å². The first-order valence-corrected chi connectivity index (χ1v) is 34.9. The van der Waals surface area contributed by atoms with Crippen LogP contribution < -0.4 is 4.89 Å². The van der Waals surface area contributed by atoms with Crippen molar-refractivity contribution in [2.75, 3.05) is 47.5 Å². The second-order valence-electron chi connectivity index (χ2n) is 23.5. The molecule has 0 heterocycles. The number of esters is 2. The lowest BCUT2D eigenvalue weighted by Gasteiger charge is -2.28. The summed E-state index contributed by atoms with van der Waals surface area (Å²) in [6, 6.07) is 0. The van der Waals surface area contributed by atoms with Crippen molar-refractivity contribution in [2.24, 2.45) is 0 Å². The maximum atomic E-state index is 12.8. The van der Waals surface area contributed by atoms with Crippen LogP contribution in [0.1, 0.15) is 290 Å². The molecule has 0 aliphatic carbocycles. The lowest BCUT2D eigenvalue weighted by Crippen LogP contribution is -2.37. The minimum atomic E-state index is -4.65. The number of rotatable bonds is 61. The number of allylic oxidation sites excluding steroid dienone is 16. The fourth-order valence-electron chi connectivity index (χ4n) is 9.26. The van der Waals surface area contributed by atoms with Gasteiger partial charge in [0.05, 0.1) is 27.7 Å². The zero-order valence-electron chi connectivity index (χ0n) is 53.2. The summed E-state index contributed by atoms with van der Waals surface area (Å²) < 4.78 is 34.2. The van der Waals surface area contributed by atoms with Gasteiger partial charge in [0, 0.05) is 12.8 Å². The van der Waals surface area contributed by atoms with E-state index in [1.807, 2.05) is 21.1 Å². The fourth-order valence-corrected chi connectivity index (χ4v) is 9.99. The normalized spacial score (nSPS) is 13.8. The van der Waals surface area contributed by atoms with Gasteiger partial charge in [0.15, 0.2) is 6.10 Å². The SMILES string of the molecule is CC/C=C\C/C=C\C/C=C\C/C=C\C/C=C\C/C=C\C/C=C\C/C=C\CCCCCCC(=O)OC(COC(=O)CCCCCCCCCCCCCCCCCCCCCCCCCCCCCC)COP(=O)([O-])OCC[N+](C)(C)C. The highest BCUT2D eigenvalue weighted by Gasteiger charge is 2.22. The summed E-state index contributed by atoms with van der Waals surface area (Å²) in [6.45, 7) is 4.12. The molecule has 0 aromatic carbocycles. The van der Waals surface area contributed by atoms with Crippen molar-refractivity contribution < 1.29 is 42.1 Å². The molecule has 0 saturated carbocycles. The third-order valence-corrected chi connectivity index (χ3v) is 15.3. The van der Waals surface area contributed by atoms with E-state index in [4.69, 9.17) is 18.5 Å². The van der Waals surface area contributed by atoms with E-state index in [1.165, 1.54) is 161 Å². The summed E-state index contributed by atoms with van der Waals surface area (Å²) in [5.41, 5.74) is 0. The quantitative estimate of drug-likeness (QED) is 0.0195. The van der Waals surface area contributed by atoms with Gasteiger partial charge in [0.25, 0.3) is 7.82 Å². The monoisotopic (exact) mass is 1150 g/mol. The van der Waals surface area contributed by atoms with E-state index in [2.05, 4.69) is 111 Å². The van der Waals surface area contributed by atoms with Crippen LogP contribution in [0.4, 0.5) is 0 Å². The van der Waals surface area contributed by atoms with Gasteiger partial charge in [-0.3, -0.25) is 14.2 Å². The van der Waals surface area contributed by atoms with Crippen molar-refractivity contribution in [3.05, 3.63) is 97.2 Å². The van der Waals surface area contributed by atoms with Gasteiger partial charge in [-0.2, -0.15) is 0 Å². The number of ether oxygens (including phenoxy) is 2. The van der Waals surface area contributed by atoms with E-state index in [1.54, 1.807) is 0 Å². The first kappa shape index (κ1) is 77.9. The summed E-state index contributed by atoms with van der Waals surface area (Å²) in [5, 5.41) is 0. The molecule has 0 rings (SSSR count). The van der Waals surface area contributed by atoms with Crippen molar-refractivity contribution >= 4 is 19.8 Å². The Morgan fingerprint density at radius 3 is 1.05 bits per heavy atom. The molecule has 9 nitrogen and oxygen atoms in total. The summed E-state index contributed by atoms with van der Waals surface area (Å²) >= 11 is 0. The zero-order valence-corrected chi connectivity index (χ0v) is 54.1. The minimum absolute atomic E-state index is 0.0397. The molecule has 0 radical (unpaired) electrons. The minimum Gasteiger partial charge on any atom is -0.756 e. The van der Waals surface area contributed by atoms with Crippen molar-refractivity contribution in [3.63, 3.8) is 0 Å². The molecule has 468 valence electrons. The molecule has 0 N–H and O–H groups in total. The standard InChI is InChI=1S/C71H126NO8P/c1-6-8-10-12-14-16-18-20-22-24-26-28-30-32-34-36-38-40-42-44-46-48-50-52-54-56-58-60-62-64-71(74)80-69(68-79-81(75,76)78-66-65-72(3,4)5)67-77-70(73)63-61-59-57-55-53-51-49-47-45-43-41-39-37-35-33-31-29-27-25-23-21-19-17-15-13-11-9-7-2/h8,10,14,16,20,22,26,28,32,34,38,40,44,46,50,52,69H,6-7,9,11-13,15,17-19,21,23-25,27,29-31,33,35-37,39,41-43,45,47-49,51,53-68H2,1-5H3/b10-8-,16-14-,22-20-,28-26-,34-32-,40-38-,46-44-,52-50-. The molecule has 0 aliphatic rings. The number of carbonyl (C=O) groups is 2. The predicted octanol–water partition coefficient (Wildman–Crippen LogP) is 20.9. The van der Waals surface area contributed by atoms with Crippen molar-refractivity contribution in [1.29, 1.82) is 0 Å². The van der Waals surface area contributed by atoms with Crippen LogP contribution in [0.15, 0.2) is 97.2 Å². The highest BCUT2D eigenvalue weighted by molar-refractivity contribution is 7.45. The molecular formula is C71H126NO8P. The second-order valence-corrected chi connectivity index (χ2v) is 24.9. The highest BCUT2D eigenvalue weighted by atomic mass is 31.2. The average Bonchev–Trinajstić information content (AvgIpc) is 3.43. The number of hydrogen-bond acceptors (Lipinski definition) is 8.